The lowest BCUT2D eigenvalue weighted by atomic mass is 9.80. The van der Waals surface area contributed by atoms with Crippen molar-refractivity contribution in [3.8, 4) is 0 Å². The van der Waals surface area contributed by atoms with Crippen molar-refractivity contribution in [3.63, 3.8) is 0 Å². The molecule has 2 aliphatic carbocycles. The van der Waals surface area contributed by atoms with Crippen LogP contribution < -0.4 is 0 Å². The summed E-state index contributed by atoms with van der Waals surface area (Å²) in [6.45, 7) is 2.31. The lowest BCUT2D eigenvalue weighted by Crippen LogP contribution is -2.19. The summed E-state index contributed by atoms with van der Waals surface area (Å²) in [6.07, 6.45) is 13.0. The Hall–Kier alpha value is -0.590. The predicted molar refractivity (Wildman–Crippen MR) is 67.3 cm³/mol. The maximum absolute atomic E-state index is 12.1. The Balaban J connectivity index is 1.87. The maximum atomic E-state index is 12.1. The standard InChI is InChI=1S/C15H24O/c1-12-7-9-14(10-8-12)15(16)11-13-5-3-2-4-6-13/h11-12,14H,2-10H2,1H3. The van der Waals surface area contributed by atoms with Gasteiger partial charge in [0, 0.05) is 5.92 Å². The first-order valence-corrected chi connectivity index (χ1v) is 6.99. The zero-order valence-electron chi connectivity index (χ0n) is 10.5. The summed E-state index contributed by atoms with van der Waals surface area (Å²) < 4.78 is 0. The van der Waals surface area contributed by atoms with Crippen molar-refractivity contribution in [1.82, 2.24) is 0 Å². The zero-order valence-corrected chi connectivity index (χ0v) is 10.5. The van der Waals surface area contributed by atoms with Gasteiger partial charge >= 0.3 is 0 Å². The van der Waals surface area contributed by atoms with Gasteiger partial charge in [-0.25, -0.2) is 0 Å². The van der Waals surface area contributed by atoms with Gasteiger partial charge in [0.15, 0.2) is 5.78 Å². The van der Waals surface area contributed by atoms with Crippen molar-refractivity contribution in [2.75, 3.05) is 0 Å². The van der Waals surface area contributed by atoms with Crippen molar-refractivity contribution < 1.29 is 4.79 Å². The summed E-state index contributed by atoms with van der Waals surface area (Å²) in [5, 5.41) is 0. The van der Waals surface area contributed by atoms with Gasteiger partial charge in [0.2, 0.25) is 0 Å². The second-order valence-corrected chi connectivity index (χ2v) is 5.72. The second kappa shape index (κ2) is 5.65. The van der Waals surface area contributed by atoms with E-state index in [9.17, 15) is 4.79 Å². The lowest BCUT2D eigenvalue weighted by molar-refractivity contribution is -0.119. The van der Waals surface area contributed by atoms with Crippen LogP contribution in [0.25, 0.3) is 0 Å². The highest BCUT2D eigenvalue weighted by Crippen LogP contribution is 2.30. The molecule has 1 heteroatoms. The fourth-order valence-electron chi connectivity index (χ4n) is 3.01. The number of hydrogen-bond donors (Lipinski definition) is 0. The molecule has 0 heterocycles. The van der Waals surface area contributed by atoms with E-state index in [1.165, 1.54) is 50.5 Å². The first kappa shape index (κ1) is 11.9. The van der Waals surface area contributed by atoms with E-state index in [0.717, 1.165) is 18.8 Å². The second-order valence-electron chi connectivity index (χ2n) is 5.72. The molecule has 0 aromatic heterocycles. The first-order chi connectivity index (χ1) is 7.75. The molecule has 0 aromatic rings. The number of carbonyl (C=O) groups excluding carboxylic acids is 1. The van der Waals surface area contributed by atoms with Crippen LogP contribution in [-0.4, -0.2) is 5.78 Å². The van der Waals surface area contributed by atoms with Crippen molar-refractivity contribution in [1.29, 1.82) is 0 Å². The Bertz CT molecular complexity index is 261. The number of rotatable bonds is 2. The monoisotopic (exact) mass is 220 g/mol. The van der Waals surface area contributed by atoms with Crippen LogP contribution in [0.1, 0.15) is 64.7 Å². The summed E-state index contributed by atoms with van der Waals surface area (Å²) in [5.41, 5.74) is 1.43. The van der Waals surface area contributed by atoms with Gasteiger partial charge < -0.3 is 0 Å². The van der Waals surface area contributed by atoms with Gasteiger partial charge in [-0.3, -0.25) is 4.79 Å². The highest BCUT2D eigenvalue weighted by Gasteiger charge is 2.23. The van der Waals surface area contributed by atoms with Crippen molar-refractivity contribution in [3.05, 3.63) is 11.6 Å². The molecule has 16 heavy (non-hydrogen) atoms. The molecule has 1 nitrogen and oxygen atoms in total. The van der Waals surface area contributed by atoms with Crippen molar-refractivity contribution >= 4 is 5.78 Å². The highest BCUT2D eigenvalue weighted by molar-refractivity contribution is 5.92. The number of hydrogen-bond acceptors (Lipinski definition) is 1. The molecule has 0 aliphatic heterocycles. The Kier molecular flexibility index (Phi) is 4.20. The molecule has 2 aliphatic rings. The fraction of sp³-hybridized carbons (Fsp3) is 0.800. The van der Waals surface area contributed by atoms with Crippen LogP contribution in [0.2, 0.25) is 0 Å². The molecule has 0 N–H and O–H groups in total. The molecular weight excluding hydrogens is 196 g/mol. The normalized spacial score (nSPS) is 31.2. The molecule has 2 rings (SSSR count). The van der Waals surface area contributed by atoms with E-state index in [2.05, 4.69) is 6.92 Å². The smallest absolute Gasteiger partial charge is 0.158 e. The third kappa shape index (κ3) is 3.20. The molecule has 2 fully saturated rings. The van der Waals surface area contributed by atoms with E-state index in [1.807, 2.05) is 6.08 Å². The van der Waals surface area contributed by atoms with Crippen LogP contribution in [0.5, 0.6) is 0 Å². The quantitative estimate of drug-likeness (QED) is 0.635. The van der Waals surface area contributed by atoms with Crippen LogP contribution in [0.4, 0.5) is 0 Å². The largest absolute Gasteiger partial charge is 0.295 e. The van der Waals surface area contributed by atoms with E-state index in [4.69, 9.17) is 0 Å². The number of carbonyl (C=O) groups is 1. The van der Waals surface area contributed by atoms with Crippen LogP contribution >= 0.6 is 0 Å². The number of ketones is 1. The Labute approximate surface area is 99.3 Å². The van der Waals surface area contributed by atoms with E-state index in [0.29, 0.717) is 11.7 Å². The fourth-order valence-corrected chi connectivity index (χ4v) is 3.01. The van der Waals surface area contributed by atoms with Crippen molar-refractivity contribution in [2.24, 2.45) is 11.8 Å². The Morgan fingerprint density at radius 1 is 1.06 bits per heavy atom. The SMILES string of the molecule is CC1CCC(C(=O)C=C2CCCCC2)CC1. The van der Waals surface area contributed by atoms with E-state index in [-0.39, 0.29) is 0 Å². The van der Waals surface area contributed by atoms with Crippen LogP contribution in [-0.2, 0) is 4.79 Å². The van der Waals surface area contributed by atoms with Gasteiger partial charge in [-0.05, 0) is 50.5 Å². The van der Waals surface area contributed by atoms with Crippen LogP contribution in [0.3, 0.4) is 0 Å². The summed E-state index contributed by atoms with van der Waals surface area (Å²) in [5.74, 6) is 1.63. The minimum Gasteiger partial charge on any atom is -0.295 e. The number of allylic oxidation sites excluding steroid dienone is 2. The van der Waals surface area contributed by atoms with Gasteiger partial charge in [-0.1, -0.05) is 31.8 Å². The molecule has 0 amide bonds. The summed E-state index contributed by atoms with van der Waals surface area (Å²) in [6, 6.07) is 0. The first-order valence-electron chi connectivity index (χ1n) is 6.99. The minimum absolute atomic E-state index is 0.352. The molecule has 0 saturated heterocycles. The van der Waals surface area contributed by atoms with E-state index in [1.54, 1.807) is 0 Å². The molecule has 0 spiro atoms. The van der Waals surface area contributed by atoms with E-state index < -0.39 is 0 Å². The highest BCUT2D eigenvalue weighted by atomic mass is 16.1. The molecule has 0 radical (unpaired) electrons. The van der Waals surface area contributed by atoms with Gasteiger partial charge in [0.05, 0.1) is 0 Å². The third-order valence-electron chi connectivity index (χ3n) is 4.26. The average Bonchev–Trinajstić information content (AvgIpc) is 2.31. The topological polar surface area (TPSA) is 17.1 Å². The van der Waals surface area contributed by atoms with Crippen LogP contribution in [0, 0.1) is 11.8 Å². The van der Waals surface area contributed by atoms with E-state index >= 15 is 0 Å². The molecule has 2 saturated carbocycles. The van der Waals surface area contributed by atoms with Crippen LogP contribution in [0.15, 0.2) is 11.6 Å². The zero-order chi connectivity index (χ0) is 11.4. The summed E-state index contributed by atoms with van der Waals surface area (Å²) in [7, 11) is 0. The molecular formula is C15H24O. The minimum atomic E-state index is 0.352. The molecule has 0 bridgehead atoms. The molecule has 90 valence electrons. The molecule has 0 unspecified atom stereocenters. The Morgan fingerprint density at radius 3 is 2.31 bits per heavy atom. The average molecular weight is 220 g/mol. The van der Waals surface area contributed by atoms with Gasteiger partial charge in [-0.2, -0.15) is 0 Å². The van der Waals surface area contributed by atoms with Gasteiger partial charge in [-0.15, -0.1) is 0 Å². The third-order valence-corrected chi connectivity index (χ3v) is 4.26. The molecule has 0 atom stereocenters. The van der Waals surface area contributed by atoms with Gasteiger partial charge in [0.25, 0.3) is 0 Å². The summed E-state index contributed by atoms with van der Waals surface area (Å²) in [4.78, 5) is 12.1. The lowest BCUT2D eigenvalue weighted by Gasteiger charge is -2.24. The Morgan fingerprint density at radius 2 is 1.69 bits per heavy atom. The molecule has 0 aromatic carbocycles. The maximum Gasteiger partial charge on any atom is 0.158 e. The summed E-state index contributed by atoms with van der Waals surface area (Å²) >= 11 is 0. The predicted octanol–water partition coefficient (Wildman–Crippen LogP) is 4.27. The van der Waals surface area contributed by atoms with Gasteiger partial charge in [0.1, 0.15) is 0 Å². The van der Waals surface area contributed by atoms with Crippen molar-refractivity contribution in [2.45, 2.75) is 64.7 Å².